The third-order valence-electron chi connectivity index (χ3n) is 6.77. The topological polar surface area (TPSA) is 164 Å². The monoisotopic (exact) mass is 511 g/mol. The van der Waals surface area contributed by atoms with Crippen LogP contribution in [0.25, 0.3) is 28.0 Å². The number of fused-ring (bicyclic) bond motifs is 1. The van der Waals surface area contributed by atoms with Crippen LogP contribution in [0.15, 0.2) is 66.0 Å². The molecule has 13 nitrogen and oxygen atoms in total. The van der Waals surface area contributed by atoms with Crippen molar-refractivity contribution in [2.75, 3.05) is 5.32 Å². The van der Waals surface area contributed by atoms with Gasteiger partial charge in [-0.2, -0.15) is 19.9 Å². The van der Waals surface area contributed by atoms with Crippen molar-refractivity contribution in [2.45, 2.75) is 38.4 Å². The first-order chi connectivity index (χ1) is 18.5. The molecule has 1 aliphatic carbocycles. The Balaban J connectivity index is 1.16. The molecule has 1 fully saturated rings. The molecule has 0 unspecified atom stereocenters. The van der Waals surface area contributed by atoms with E-state index in [1.807, 2.05) is 30.5 Å². The van der Waals surface area contributed by atoms with Crippen molar-refractivity contribution in [3.8, 4) is 16.8 Å². The number of hydrogen-bond acceptors (Lipinski definition) is 9. The first-order valence-corrected chi connectivity index (χ1v) is 12.3. The van der Waals surface area contributed by atoms with E-state index >= 15 is 0 Å². The molecule has 5 aromatic rings. The zero-order chi connectivity index (χ0) is 26.1. The largest absolute Gasteiger partial charge is 0.369 e. The van der Waals surface area contributed by atoms with Crippen LogP contribution in [0.5, 0.6) is 0 Å². The fourth-order valence-electron chi connectivity index (χ4n) is 4.71. The lowest BCUT2D eigenvalue weighted by atomic mass is 10.1. The maximum atomic E-state index is 11.8. The second-order valence-electron chi connectivity index (χ2n) is 9.28. The molecule has 0 saturated heterocycles. The molecule has 0 radical (unpaired) electrons. The third-order valence-corrected chi connectivity index (χ3v) is 6.77. The van der Waals surface area contributed by atoms with E-state index in [4.69, 9.17) is 5.73 Å². The van der Waals surface area contributed by atoms with Gasteiger partial charge in [-0.15, -0.1) is 5.10 Å². The fraction of sp³-hybridized carbons (Fsp3) is 0.280. The van der Waals surface area contributed by atoms with Crippen LogP contribution in [0, 0.1) is 5.92 Å². The Hall–Kier alpha value is -4.94. The van der Waals surface area contributed by atoms with Crippen molar-refractivity contribution in [1.29, 1.82) is 0 Å². The van der Waals surface area contributed by atoms with Crippen molar-refractivity contribution in [1.82, 2.24) is 44.5 Å². The normalized spacial score (nSPS) is 17.2. The summed E-state index contributed by atoms with van der Waals surface area (Å²) < 4.78 is 4.87. The molecule has 1 aromatic carbocycles. The number of rotatable bonds is 8. The van der Waals surface area contributed by atoms with Gasteiger partial charge in [0.15, 0.2) is 11.2 Å². The highest BCUT2D eigenvalue weighted by molar-refractivity contribution is 5.77. The summed E-state index contributed by atoms with van der Waals surface area (Å²) in [6, 6.07) is 11.1. The summed E-state index contributed by atoms with van der Waals surface area (Å²) >= 11 is 0. The van der Waals surface area contributed by atoms with Crippen LogP contribution in [-0.4, -0.2) is 56.5 Å². The molecule has 13 heteroatoms. The average molecular weight is 512 g/mol. The van der Waals surface area contributed by atoms with Gasteiger partial charge in [-0.05, 0) is 43.0 Å². The maximum absolute atomic E-state index is 11.8. The first kappa shape index (κ1) is 23.5. The summed E-state index contributed by atoms with van der Waals surface area (Å²) in [6.45, 7) is 0.963. The Morgan fingerprint density at radius 2 is 1.92 bits per heavy atom. The van der Waals surface area contributed by atoms with Crippen molar-refractivity contribution in [3.63, 3.8) is 0 Å². The Bertz CT molecular complexity index is 1650. The number of nitrogens with two attached hydrogens (primary N) is 1. The van der Waals surface area contributed by atoms with Crippen LogP contribution in [0.4, 0.5) is 5.95 Å². The molecule has 0 aliphatic heterocycles. The van der Waals surface area contributed by atoms with Crippen LogP contribution < -0.4 is 16.6 Å². The standard InChI is InChI=1S/C25H25N11O2/c26-23(38)17-3-6-19(12-17)30-25-27-14-21-24(31-25)36(33-32-21)20-7-4-16(5-8-20)18-13-29-34(15-18)10-11-35-22(37)2-1-9-28-35/h1-2,4-5,7-9,13-15,17,19H,3,6,10-12H2,(H2,26,38)(H,27,30,31)/t17-,19-/m1/s1. The molecule has 3 N–H and O–H groups in total. The Morgan fingerprint density at radius 3 is 2.71 bits per heavy atom. The molecule has 0 spiro atoms. The van der Waals surface area contributed by atoms with E-state index < -0.39 is 0 Å². The molecule has 1 aliphatic rings. The van der Waals surface area contributed by atoms with Crippen LogP contribution in [0.2, 0.25) is 0 Å². The summed E-state index contributed by atoms with van der Waals surface area (Å²) in [4.78, 5) is 32.3. The van der Waals surface area contributed by atoms with E-state index in [2.05, 4.69) is 35.8 Å². The molecule has 1 saturated carbocycles. The molecule has 0 bridgehead atoms. The number of benzene rings is 1. The van der Waals surface area contributed by atoms with Gasteiger partial charge in [-0.3, -0.25) is 14.3 Å². The molecular weight excluding hydrogens is 486 g/mol. The molecule has 38 heavy (non-hydrogen) atoms. The number of amides is 1. The number of anilines is 1. The predicted molar refractivity (Wildman–Crippen MR) is 138 cm³/mol. The van der Waals surface area contributed by atoms with Gasteiger partial charge in [0.25, 0.3) is 5.56 Å². The highest BCUT2D eigenvalue weighted by atomic mass is 16.1. The highest BCUT2D eigenvalue weighted by Gasteiger charge is 2.29. The summed E-state index contributed by atoms with van der Waals surface area (Å²) in [5, 5.41) is 20.3. The summed E-state index contributed by atoms with van der Waals surface area (Å²) in [5.41, 5.74) is 9.21. The van der Waals surface area contributed by atoms with Crippen molar-refractivity contribution >= 4 is 23.0 Å². The van der Waals surface area contributed by atoms with Gasteiger partial charge in [0.2, 0.25) is 11.9 Å². The molecule has 2 atom stereocenters. The fourth-order valence-corrected chi connectivity index (χ4v) is 4.71. The van der Waals surface area contributed by atoms with E-state index in [0.717, 1.165) is 29.7 Å². The minimum Gasteiger partial charge on any atom is -0.369 e. The highest BCUT2D eigenvalue weighted by Crippen LogP contribution is 2.27. The van der Waals surface area contributed by atoms with Crippen molar-refractivity contribution in [2.24, 2.45) is 11.7 Å². The Kier molecular flexibility index (Phi) is 6.08. The minimum atomic E-state index is -0.259. The van der Waals surface area contributed by atoms with E-state index in [1.54, 1.807) is 34.0 Å². The Labute approximate surface area is 216 Å². The second-order valence-corrected chi connectivity index (χ2v) is 9.28. The zero-order valence-electron chi connectivity index (χ0n) is 20.4. The number of aryl methyl sites for hydroxylation is 2. The zero-order valence-corrected chi connectivity index (χ0v) is 20.4. The maximum Gasteiger partial charge on any atom is 0.266 e. The predicted octanol–water partition coefficient (Wildman–Crippen LogP) is 1.40. The van der Waals surface area contributed by atoms with Crippen LogP contribution in [0.3, 0.4) is 0 Å². The molecule has 1 amide bonds. The number of hydrogen-bond donors (Lipinski definition) is 2. The molecule has 192 valence electrons. The smallest absolute Gasteiger partial charge is 0.266 e. The first-order valence-electron chi connectivity index (χ1n) is 12.3. The summed E-state index contributed by atoms with van der Waals surface area (Å²) in [5.74, 6) is 0.0951. The Morgan fingerprint density at radius 1 is 1.05 bits per heavy atom. The van der Waals surface area contributed by atoms with Crippen molar-refractivity contribution in [3.05, 3.63) is 71.5 Å². The summed E-state index contributed by atoms with van der Waals surface area (Å²) in [6.07, 6.45) is 9.24. The third kappa shape index (κ3) is 4.73. The summed E-state index contributed by atoms with van der Waals surface area (Å²) in [7, 11) is 0. The van der Waals surface area contributed by atoms with Gasteiger partial charge in [0.05, 0.1) is 31.2 Å². The lowest BCUT2D eigenvalue weighted by Gasteiger charge is -2.12. The van der Waals surface area contributed by atoms with Crippen LogP contribution >= 0.6 is 0 Å². The minimum absolute atomic E-state index is 0.0967. The van der Waals surface area contributed by atoms with Gasteiger partial charge in [-0.25, -0.2) is 9.67 Å². The van der Waals surface area contributed by atoms with Crippen LogP contribution in [0.1, 0.15) is 19.3 Å². The SMILES string of the molecule is NC(=O)[C@@H]1CC[C@@H](Nc2ncc3nnn(-c4ccc(-c5cnn(CCn6ncccc6=O)c5)cc4)c3n2)C1. The number of carbonyl (C=O) groups is 1. The van der Waals surface area contributed by atoms with Gasteiger partial charge >= 0.3 is 0 Å². The molecule has 4 aromatic heterocycles. The lowest BCUT2D eigenvalue weighted by molar-refractivity contribution is -0.121. The van der Waals surface area contributed by atoms with Gasteiger partial charge < -0.3 is 11.1 Å². The number of carbonyl (C=O) groups excluding carboxylic acids is 1. The van der Waals surface area contributed by atoms with Gasteiger partial charge in [0.1, 0.15) is 0 Å². The van der Waals surface area contributed by atoms with E-state index in [0.29, 0.717) is 36.6 Å². The quantitative estimate of drug-likeness (QED) is 0.313. The number of nitrogens with zero attached hydrogens (tertiary/aromatic N) is 9. The van der Waals surface area contributed by atoms with Crippen molar-refractivity contribution < 1.29 is 4.79 Å². The van der Waals surface area contributed by atoms with E-state index in [9.17, 15) is 9.59 Å². The van der Waals surface area contributed by atoms with Crippen LogP contribution in [-0.2, 0) is 17.9 Å². The van der Waals surface area contributed by atoms with E-state index in [1.165, 1.54) is 10.7 Å². The van der Waals surface area contributed by atoms with Gasteiger partial charge in [0, 0.05) is 36.0 Å². The van der Waals surface area contributed by atoms with E-state index in [-0.39, 0.29) is 23.4 Å². The lowest BCUT2D eigenvalue weighted by Crippen LogP contribution is -2.23. The molecular formula is C25H25N11O2. The molecule has 4 heterocycles. The number of nitrogens with one attached hydrogen (secondary N) is 1. The number of aromatic nitrogens is 9. The van der Waals surface area contributed by atoms with Gasteiger partial charge in [-0.1, -0.05) is 17.3 Å². The average Bonchev–Trinajstić information content (AvgIpc) is 3.68. The second kappa shape index (κ2) is 9.84. The number of primary amides is 1. The molecule has 6 rings (SSSR count).